The summed E-state index contributed by atoms with van der Waals surface area (Å²) in [7, 11) is 0. The van der Waals surface area contributed by atoms with Gasteiger partial charge in [0.05, 0.1) is 13.2 Å². The van der Waals surface area contributed by atoms with Crippen molar-refractivity contribution in [3.63, 3.8) is 0 Å². The Bertz CT molecular complexity index is 435. The van der Waals surface area contributed by atoms with Crippen LogP contribution in [-0.2, 0) is 0 Å². The number of hydrogen-bond donors (Lipinski definition) is 0. The molecule has 0 radical (unpaired) electrons. The van der Waals surface area contributed by atoms with Gasteiger partial charge in [0.1, 0.15) is 5.75 Å². The van der Waals surface area contributed by atoms with E-state index in [0.29, 0.717) is 25.1 Å². The lowest BCUT2D eigenvalue weighted by Crippen LogP contribution is -2.34. The minimum atomic E-state index is 0.209. The Labute approximate surface area is 121 Å². The average molecular weight is 275 g/mol. The van der Waals surface area contributed by atoms with Gasteiger partial charge in [0.2, 0.25) is 0 Å². The van der Waals surface area contributed by atoms with Gasteiger partial charge < -0.3 is 4.74 Å². The van der Waals surface area contributed by atoms with E-state index in [9.17, 15) is 4.79 Å². The van der Waals surface area contributed by atoms with Gasteiger partial charge in [-0.3, -0.25) is 9.69 Å². The number of carbonyl (C=O) groups excluding carboxylic acids is 1. The zero-order valence-corrected chi connectivity index (χ0v) is 12.8. The SMILES string of the molecule is CCOc1ccc(C(=O)CN(CC(C)C)C2CC2)cc1. The fourth-order valence-electron chi connectivity index (χ4n) is 2.43. The molecule has 0 unspecified atom stereocenters. The summed E-state index contributed by atoms with van der Waals surface area (Å²) in [6, 6.07) is 8.12. The predicted molar refractivity (Wildman–Crippen MR) is 81.4 cm³/mol. The number of ether oxygens (including phenoxy) is 1. The van der Waals surface area contributed by atoms with Crippen LogP contribution in [0.2, 0.25) is 0 Å². The minimum absolute atomic E-state index is 0.209. The molecule has 0 aliphatic heterocycles. The number of rotatable bonds is 8. The van der Waals surface area contributed by atoms with Crippen LogP contribution in [0.25, 0.3) is 0 Å². The number of carbonyl (C=O) groups is 1. The first-order valence-electron chi connectivity index (χ1n) is 7.60. The Balaban J connectivity index is 1.95. The summed E-state index contributed by atoms with van der Waals surface area (Å²) in [5.74, 6) is 1.63. The summed E-state index contributed by atoms with van der Waals surface area (Å²) in [6.07, 6.45) is 2.48. The van der Waals surface area contributed by atoms with Gasteiger partial charge in [0.15, 0.2) is 5.78 Å². The van der Waals surface area contributed by atoms with Gasteiger partial charge >= 0.3 is 0 Å². The highest BCUT2D eigenvalue weighted by atomic mass is 16.5. The van der Waals surface area contributed by atoms with Crippen LogP contribution >= 0.6 is 0 Å². The Morgan fingerprint density at radius 3 is 2.45 bits per heavy atom. The Morgan fingerprint density at radius 2 is 1.95 bits per heavy atom. The summed E-state index contributed by atoms with van der Waals surface area (Å²) >= 11 is 0. The number of nitrogens with zero attached hydrogens (tertiary/aromatic N) is 1. The Kier molecular flexibility index (Phi) is 5.18. The number of Topliss-reactive ketones (excluding diaryl/α,β-unsaturated/α-hetero) is 1. The molecule has 0 bridgehead atoms. The standard InChI is InChI=1S/C17H25NO2/c1-4-20-16-9-5-14(6-10-16)17(19)12-18(11-13(2)3)15-7-8-15/h5-6,9-10,13,15H,4,7-8,11-12H2,1-3H3. The molecule has 1 fully saturated rings. The zero-order valence-electron chi connectivity index (χ0n) is 12.8. The lowest BCUT2D eigenvalue weighted by molar-refractivity contribution is 0.0915. The molecule has 110 valence electrons. The maximum absolute atomic E-state index is 12.4. The second-order valence-corrected chi connectivity index (χ2v) is 5.94. The van der Waals surface area contributed by atoms with Gasteiger partial charge in [-0.25, -0.2) is 0 Å². The van der Waals surface area contributed by atoms with Crippen molar-refractivity contribution in [1.29, 1.82) is 0 Å². The molecular formula is C17H25NO2. The molecule has 2 rings (SSSR count). The van der Waals surface area contributed by atoms with Crippen molar-refractivity contribution in [2.45, 2.75) is 39.7 Å². The van der Waals surface area contributed by atoms with E-state index in [1.807, 2.05) is 31.2 Å². The highest BCUT2D eigenvalue weighted by molar-refractivity contribution is 5.97. The smallest absolute Gasteiger partial charge is 0.176 e. The molecule has 0 spiro atoms. The molecule has 0 atom stereocenters. The molecule has 0 amide bonds. The summed E-state index contributed by atoms with van der Waals surface area (Å²) in [5, 5.41) is 0. The third-order valence-corrected chi connectivity index (χ3v) is 3.50. The van der Waals surface area contributed by atoms with Crippen LogP contribution in [0, 0.1) is 5.92 Å². The molecule has 0 N–H and O–H groups in total. The van der Waals surface area contributed by atoms with E-state index in [1.165, 1.54) is 12.8 Å². The van der Waals surface area contributed by atoms with Crippen molar-refractivity contribution in [3.8, 4) is 5.75 Å². The monoisotopic (exact) mass is 275 g/mol. The lowest BCUT2D eigenvalue weighted by Gasteiger charge is -2.23. The minimum Gasteiger partial charge on any atom is -0.494 e. The summed E-state index contributed by atoms with van der Waals surface area (Å²) in [5.41, 5.74) is 0.780. The van der Waals surface area contributed by atoms with Crippen LogP contribution < -0.4 is 4.74 Å². The molecule has 1 aliphatic carbocycles. The van der Waals surface area contributed by atoms with Crippen LogP contribution in [0.1, 0.15) is 44.0 Å². The molecular weight excluding hydrogens is 250 g/mol. The molecule has 3 nitrogen and oxygen atoms in total. The van der Waals surface area contributed by atoms with Crippen LogP contribution in [0.4, 0.5) is 0 Å². The van der Waals surface area contributed by atoms with Gasteiger partial charge in [0, 0.05) is 18.2 Å². The number of hydrogen-bond acceptors (Lipinski definition) is 3. The lowest BCUT2D eigenvalue weighted by atomic mass is 10.1. The average Bonchev–Trinajstić information content (AvgIpc) is 3.23. The Hall–Kier alpha value is -1.35. The molecule has 1 saturated carbocycles. The van der Waals surface area contributed by atoms with E-state index < -0.39 is 0 Å². The first-order chi connectivity index (χ1) is 9.60. The zero-order chi connectivity index (χ0) is 14.5. The third kappa shape index (κ3) is 4.34. The van der Waals surface area contributed by atoms with Gasteiger partial charge in [-0.2, -0.15) is 0 Å². The first kappa shape index (κ1) is 15.0. The largest absolute Gasteiger partial charge is 0.494 e. The van der Waals surface area contributed by atoms with Gasteiger partial charge in [-0.1, -0.05) is 13.8 Å². The third-order valence-electron chi connectivity index (χ3n) is 3.50. The van der Waals surface area contributed by atoms with E-state index in [2.05, 4.69) is 18.7 Å². The van der Waals surface area contributed by atoms with E-state index in [4.69, 9.17) is 4.74 Å². The second-order valence-electron chi connectivity index (χ2n) is 5.94. The maximum Gasteiger partial charge on any atom is 0.176 e. The fourth-order valence-corrected chi connectivity index (χ4v) is 2.43. The first-order valence-corrected chi connectivity index (χ1v) is 7.60. The molecule has 0 saturated heterocycles. The van der Waals surface area contributed by atoms with Gasteiger partial charge in [-0.15, -0.1) is 0 Å². The molecule has 1 aromatic carbocycles. The number of benzene rings is 1. The highest BCUT2D eigenvalue weighted by Gasteiger charge is 2.30. The van der Waals surface area contributed by atoms with Gasteiger partial charge in [-0.05, 0) is 49.9 Å². The van der Waals surface area contributed by atoms with Crippen molar-refractivity contribution in [1.82, 2.24) is 4.90 Å². The molecule has 1 aliphatic rings. The normalized spacial score (nSPS) is 14.8. The van der Waals surface area contributed by atoms with Gasteiger partial charge in [0.25, 0.3) is 0 Å². The quantitative estimate of drug-likeness (QED) is 0.681. The molecule has 3 heteroatoms. The van der Waals surface area contributed by atoms with Crippen molar-refractivity contribution in [3.05, 3.63) is 29.8 Å². The Morgan fingerprint density at radius 1 is 1.30 bits per heavy atom. The highest BCUT2D eigenvalue weighted by Crippen LogP contribution is 2.27. The summed E-state index contributed by atoms with van der Waals surface area (Å²) in [4.78, 5) is 14.7. The van der Waals surface area contributed by atoms with Crippen molar-refractivity contribution >= 4 is 5.78 Å². The van der Waals surface area contributed by atoms with Crippen molar-refractivity contribution in [2.75, 3.05) is 19.7 Å². The number of ketones is 1. The molecule has 20 heavy (non-hydrogen) atoms. The van der Waals surface area contributed by atoms with E-state index >= 15 is 0 Å². The topological polar surface area (TPSA) is 29.5 Å². The van der Waals surface area contributed by atoms with E-state index in [-0.39, 0.29) is 5.78 Å². The van der Waals surface area contributed by atoms with E-state index in [0.717, 1.165) is 17.9 Å². The van der Waals surface area contributed by atoms with Crippen molar-refractivity contribution < 1.29 is 9.53 Å². The van der Waals surface area contributed by atoms with E-state index in [1.54, 1.807) is 0 Å². The van der Waals surface area contributed by atoms with Crippen LogP contribution in [0.15, 0.2) is 24.3 Å². The summed E-state index contributed by atoms with van der Waals surface area (Å²) in [6.45, 7) is 8.56. The fraction of sp³-hybridized carbons (Fsp3) is 0.588. The maximum atomic E-state index is 12.4. The molecule has 0 aromatic heterocycles. The molecule has 0 heterocycles. The second kappa shape index (κ2) is 6.89. The predicted octanol–water partition coefficient (Wildman–Crippen LogP) is 3.39. The van der Waals surface area contributed by atoms with Crippen LogP contribution in [0.5, 0.6) is 5.75 Å². The van der Waals surface area contributed by atoms with Crippen LogP contribution in [0.3, 0.4) is 0 Å². The van der Waals surface area contributed by atoms with Crippen molar-refractivity contribution in [2.24, 2.45) is 5.92 Å². The molecule has 1 aromatic rings. The van der Waals surface area contributed by atoms with Crippen LogP contribution in [-0.4, -0.2) is 36.4 Å². The summed E-state index contributed by atoms with van der Waals surface area (Å²) < 4.78 is 5.40.